The molecular weight excluding hydrogens is 227 g/mol. The molecule has 2 nitrogen and oxygen atoms in total. The average Bonchev–Trinajstić information content (AvgIpc) is 2.13. The minimum absolute atomic E-state index is 0.290. The molecule has 0 amide bonds. The number of aromatic nitrogens is 2. The van der Waals surface area contributed by atoms with E-state index >= 15 is 0 Å². The minimum atomic E-state index is -0.290. The Bertz CT molecular complexity index is 552. The van der Waals surface area contributed by atoms with E-state index in [0.717, 1.165) is 18.7 Å². The Hall–Kier alpha value is -1.22. The molecule has 1 saturated carbocycles. The molecule has 0 atom stereocenters. The third-order valence-corrected chi connectivity index (χ3v) is 3.39. The van der Waals surface area contributed by atoms with Gasteiger partial charge in [0, 0.05) is 17.4 Å². The van der Waals surface area contributed by atoms with Gasteiger partial charge in [0.1, 0.15) is 16.8 Å². The van der Waals surface area contributed by atoms with Crippen LogP contribution < -0.4 is 0 Å². The molecule has 0 aliphatic heterocycles. The number of hydrogen-bond acceptors (Lipinski definition) is 2. The van der Waals surface area contributed by atoms with Crippen LogP contribution in [0.15, 0.2) is 18.2 Å². The van der Waals surface area contributed by atoms with Crippen molar-refractivity contribution in [2.45, 2.75) is 25.2 Å². The van der Waals surface area contributed by atoms with Crippen molar-refractivity contribution in [2.75, 3.05) is 0 Å². The lowest BCUT2D eigenvalue weighted by atomic mass is 9.85. The molecule has 1 aromatic carbocycles. The van der Waals surface area contributed by atoms with Crippen molar-refractivity contribution in [1.29, 1.82) is 0 Å². The summed E-state index contributed by atoms with van der Waals surface area (Å²) in [6.45, 7) is 0. The smallest absolute Gasteiger partial charge is 0.140 e. The fourth-order valence-corrected chi connectivity index (χ4v) is 2.18. The Morgan fingerprint density at radius 2 is 2.06 bits per heavy atom. The van der Waals surface area contributed by atoms with E-state index in [9.17, 15) is 4.39 Å². The van der Waals surface area contributed by atoms with Gasteiger partial charge in [0.05, 0.1) is 5.52 Å². The third-order valence-electron chi connectivity index (χ3n) is 3.10. The Kier molecular flexibility index (Phi) is 2.28. The molecule has 0 radical (unpaired) electrons. The average molecular weight is 237 g/mol. The van der Waals surface area contributed by atoms with Crippen LogP contribution in [0.5, 0.6) is 0 Å². The van der Waals surface area contributed by atoms with Gasteiger partial charge >= 0.3 is 0 Å². The fourth-order valence-electron chi connectivity index (χ4n) is 1.93. The molecule has 0 saturated heterocycles. The summed E-state index contributed by atoms with van der Waals surface area (Å²) in [6, 6.07) is 4.41. The van der Waals surface area contributed by atoms with Crippen LogP contribution in [0.1, 0.15) is 31.0 Å². The van der Waals surface area contributed by atoms with Gasteiger partial charge in [-0.2, -0.15) is 0 Å². The lowest BCUT2D eigenvalue weighted by molar-refractivity contribution is 0.402. The molecule has 0 unspecified atom stereocenters. The summed E-state index contributed by atoms with van der Waals surface area (Å²) in [7, 11) is 0. The second kappa shape index (κ2) is 3.67. The first kappa shape index (κ1) is 9.97. The van der Waals surface area contributed by atoms with Gasteiger partial charge in [0.25, 0.3) is 0 Å². The molecule has 1 fully saturated rings. The fraction of sp³-hybridized carbons (Fsp3) is 0.333. The molecule has 1 aliphatic carbocycles. The van der Waals surface area contributed by atoms with Crippen LogP contribution in [0.2, 0.25) is 5.15 Å². The lowest BCUT2D eigenvalue weighted by Gasteiger charge is -2.23. The maximum atomic E-state index is 13.1. The van der Waals surface area contributed by atoms with Crippen molar-refractivity contribution in [3.63, 3.8) is 0 Å². The van der Waals surface area contributed by atoms with E-state index in [2.05, 4.69) is 9.97 Å². The van der Waals surface area contributed by atoms with Crippen LogP contribution in [0.4, 0.5) is 4.39 Å². The van der Waals surface area contributed by atoms with Crippen LogP contribution in [0, 0.1) is 5.82 Å². The largest absolute Gasteiger partial charge is 0.232 e. The quantitative estimate of drug-likeness (QED) is 0.706. The van der Waals surface area contributed by atoms with Gasteiger partial charge in [0.2, 0.25) is 0 Å². The van der Waals surface area contributed by atoms with E-state index in [0.29, 0.717) is 22.0 Å². The Balaban J connectivity index is 2.18. The Labute approximate surface area is 97.5 Å². The zero-order valence-corrected chi connectivity index (χ0v) is 9.34. The van der Waals surface area contributed by atoms with Gasteiger partial charge in [-0.3, -0.25) is 0 Å². The molecule has 4 heteroatoms. The highest BCUT2D eigenvalue weighted by molar-refractivity contribution is 6.34. The van der Waals surface area contributed by atoms with Gasteiger partial charge in [0.15, 0.2) is 0 Å². The second-order valence-electron chi connectivity index (χ2n) is 4.16. The van der Waals surface area contributed by atoms with Crippen LogP contribution in [-0.2, 0) is 0 Å². The summed E-state index contributed by atoms with van der Waals surface area (Å²) in [4.78, 5) is 8.67. The molecule has 16 heavy (non-hydrogen) atoms. The first-order valence-corrected chi connectivity index (χ1v) is 5.74. The topological polar surface area (TPSA) is 25.8 Å². The molecule has 0 bridgehead atoms. The highest BCUT2D eigenvalue weighted by atomic mass is 35.5. The predicted molar refractivity (Wildman–Crippen MR) is 61.1 cm³/mol. The highest BCUT2D eigenvalue weighted by Gasteiger charge is 2.23. The molecule has 82 valence electrons. The standard InChI is InChI=1S/C12H10ClFN2/c13-11-9-5-4-8(14)6-10(9)15-12(16-11)7-2-1-3-7/h4-7H,1-3H2. The van der Waals surface area contributed by atoms with Crippen molar-refractivity contribution >= 4 is 22.5 Å². The first-order chi connectivity index (χ1) is 7.74. The molecule has 2 aromatic rings. The van der Waals surface area contributed by atoms with Gasteiger partial charge in [-0.25, -0.2) is 14.4 Å². The molecule has 0 N–H and O–H groups in total. The Morgan fingerprint density at radius 3 is 2.75 bits per heavy atom. The van der Waals surface area contributed by atoms with E-state index < -0.39 is 0 Å². The number of fused-ring (bicyclic) bond motifs is 1. The van der Waals surface area contributed by atoms with Crippen LogP contribution in [0.3, 0.4) is 0 Å². The summed E-state index contributed by atoms with van der Waals surface area (Å²) in [5.41, 5.74) is 0.599. The minimum Gasteiger partial charge on any atom is -0.232 e. The van der Waals surface area contributed by atoms with Crippen LogP contribution in [0.25, 0.3) is 10.9 Å². The van der Waals surface area contributed by atoms with Gasteiger partial charge in [-0.05, 0) is 25.0 Å². The van der Waals surface area contributed by atoms with E-state index in [1.165, 1.54) is 18.6 Å². The summed E-state index contributed by atoms with van der Waals surface area (Å²) < 4.78 is 13.1. The molecule has 1 aromatic heterocycles. The first-order valence-electron chi connectivity index (χ1n) is 5.37. The molecule has 1 aliphatic rings. The van der Waals surface area contributed by atoms with Gasteiger partial charge in [-0.1, -0.05) is 18.0 Å². The van der Waals surface area contributed by atoms with Gasteiger partial charge < -0.3 is 0 Å². The maximum Gasteiger partial charge on any atom is 0.140 e. The monoisotopic (exact) mass is 236 g/mol. The van der Waals surface area contributed by atoms with Crippen molar-refractivity contribution in [1.82, 2.24) is 9.97 Å². The SMILES string of the molecule is Fc1ccc2c(Cl)nc(C3CCC3)nc2c1. The van der Waals surface area contributed by atoms with Gasteiger partial charge in [-0.15, -0.1) is 0 Å². The number of hydrogen-bond donors (Lipinski definition) is 0. The molecule has 3 rings (SSSR count). The summed E-state index contributed by atoms with van der Waals surface area (Å²) in [5, 5.41) is 1.14. The zero-order valence-electron chi connectivity index (χ0n) is 8.58. The van der Waals surface area contributed by atoms with Crippen LogP contribution >= 0.6 is 11.6 Å². The summed E-state index contributed by atoms with van der Waals surface area (Å²) in [6.07, 6.45) is 3.43. The van der Waals surface area contributed by atoms with E-state index in [4.69, 9.17) is 11.6 Å². The van der Waals surface area contributed by atoms with Crippen molar-refractivity contribution in [3.8, 4) is 0 Å². The molecular formula is C12H10ClFN2. The predicted octanol–water partition coefficient (Wildman–Crippen LogP) is 3.69. The van der Waals surface area contributed by atoms with Crippen molar-refractivity contribution in [3.05, 3.63) is 35.0 Å². The lowest BCUT2D eigenvalue weighted by Crippen LogP contribution is -2.12. The zero-order chi connectivity index (χ0) is 11.1. The van der Waals surface area contributed by atoms with E-state index in [1.54, 1.807) is 6.07 Å². The number of nitrogens with zero attached hydrogens (tertiary/aromatic N) is 2. The second-order valence-corrected chi connectivity index (χ2v) is 4.52. The number of rotatable bonds is 1. The summed E-state index contributed by atoms with van der Waals surface area (Å²) in [5.74, 6) is 0.876. The molecule has 1 heterocycles. The number of benzene rings is 1. The normalized spacial score (nSPS) is 16.4. The third kappa shape index (κ3) is 1.55. The van der Waals surface area contributed by atoms with Crippen molar-refractivity contribution in [2.24, 2.45) is 0 Å². The maximum absolute atomic E-state index is 13.1. The van der Waals surface area contributed by atoms with E-state index in [1.807, 2.05) is 0 Å². The van der Waals surface area contributed by atoms with Crippen LogP contribution in [-0.4, -0.2) is 9.97 Å². The highest BCUT2D eigenvalue weighted by Crippen LogP contribution is 2.35. The summed E-state index contributed by atoms with van der Waals surface area (Å²) >= 11 is 6.07. The van der Waals surface area contributed by atoms with E-state index in [-0.39, 0.29) is 5.82 Å². The molecule has 0 spiro atoms. The Morgan fingerprint density at radius 1 is 1.25 bits per heavy atom. The van der Waals surface area contributed by atoms with Crippen molar-refractivity contribution < 1.29 is 4.39 Å². The number of halogens is 2.